The van der Waals surface area contributed by atoms with Crippen molar-refractivity contribution >= 4 is 29.1 Å². The average Bonchev–Trinajstić information content (AvgIpc) is 3.27. The Morgan fingerprint density at radius 3 is 2.38 bits per heavy atom. The van der Waals surface area contributed by atoms with E-state index in [4.69, 9.17) is 4.74 Å². The molecule has 0 aliphatic carbocycles. The number of rotatable bonds is 10. The molecular weight excluding hydrogens is 508 g/mol. The Morgan fingerprint density at radius 1 is 0.950 bits per heavy atom. The van der Waals surface area contributed by atoms with E-state index < -0.39 is 29.6 Å². The van der Waals surface area contributed by atoms with Gasteiger partial charge in [0.15, 0.2) is 0 Å². The van der Waals surface area contributed by atoms with E-state index in [-0.39, 0.29) is 24.3 Å². The van der Waals surface area contributed by atoms with Gasteiger partial charge < -0.3 is 29.4 Å². The Balaban J connectivity index is 1.53. The van der Waals surface area contributed by atoms with Gasteiger partial charge in [-0.25, -0.2) is 0 Å². The highest BCUT2D eigenvalue weighted by Crippen LogP contribution is 2.53. The van der Waals surface area contributed by atoms with Gasteiger partial charge in [0.1, 0.15) is 11.6 Å². The number of hydrogen-bond acceptors (Lipinski definition) is 6. The third-order valence-electron chi connectivity index (χ3n) is 8.83. The second kappa shape index (κ2) is 11.7. The summed E-state index contributed by atoms with van der Waals surface area (Å²) in [7, 11) is 0. The van der Waals surface area contributed by atoms with Crippen LogP contribution in [0.4, 0.5) is 11.4 Å². The Morgan fingerprint density at radius 2 is 1.70 bits per heavy atom. The molecule has 2 fully saturated rings. The van der Waals surface area contributed by atoms with Crippen molar-refractivity contribution in [2.75, 3.05) is 55.7 Å². The largest absolute Gasteiger partial charge is 0.396 e. The molecule has 1 spiro atoms. The Hall–Kier alpha value is -3.17. The number of benzene rings is 1. The molecule has 5 atom stereocenters. The second-order valence-electron chi connectivity index (χ2n) is 11.1. The first-order chi connectivity index (χ1) is 19.4. The standard InChI is InChI=1S/C31H42N4O5/c1-4-17-33-18-9-11-24-25(28(33)37)26-29(38)35(19-7-8-21-36)27-30(39)34(20-10-16-31(26,27)40-24)23-14-12-22(13-15-23)32(5-2)6-3/h9-16,24-27,36H,4-8,17-21H2,1-3H3/t24-,25+,26-,27?,31-/m0/s1. The predicted molar refractivity (Wildman–Crippen MR) is 154 cm³/mol. The highest BCUT2D eigenvalue weighted by atomic mass is 16.5. The van der Waals surface area contributed by atoms with Crippen LogP contribution in [-0.4, -0.2) is 96.3 Å². The van der Waals surface area contributed by atoms with E-state index in [1.807, 2.05) is 55.5 Å². The van der Waals surface area contributed by atoms with Crippen LogP contribution in [-0.2, 0) is 19.1 Å². The molecule has 0 saturated carbocycles. The van der Waals surface area contributed by atoms with E-state index in [1.54, 1.807) is 14.7 Å². The van der Waals surface area contributed by atoms with Crippen LogP contribution in [0.15, 0.2) is 48.6 Å². The van der Waals surface area contributed by atoms with Gasteiger partial charge in [0, 0.05) is 57.3 Å². The van der Waals surface area contributed by atoms with Gasteiger partial charge in [-0.3, -0.25) is 14.4 Å². The van der Waals surface area contributed by atoms with Gasteiger partial charge in [-0.05, 0) is 57.4 Å². The average molecular weight is 551 g/mol. The molecule has 4 aliphatic rings. The summed E-state index contributed by atoms with van der Waals surface area (Å²) >= 11 is 0. The molecule has 9 nitrogen and oxygen atoms in total. The summed E-state index contributed by atoms with van der Waals surface area (Å²) in [6.45, 7) is 9.81. The molecular formula is C31H42N4O5. The third kappa shape index (κ3) is 4.63. The first-order valence-electron chi connectivity index (χ1n) is 14.8. The smallest absolute Gasteiger partial charge is 0.253 e. The zero-order valence-corrected chi connectivity index (χ0v) is 23.9. The van der Waals surface area contributed by atoms with Crippen molar-refractivity contribution in [3.05, 3.63) is 48.6 Å². The lowest BCUT2D eigenvalue weighted by atomic mass is 9.77. The zero-order valence-electron chi connectivity index (χ0n) is 23.9. The number of ether oxygens (including phenoxy) is 1. The Bertz CT molecular complexity index is 1160. The van der Waals surface area contributed by atoms with Crippen LogP contribution in [0.2, 0.25) is 0 Å². The first kappa shape index (κ1) is 28.4. The van der Waals surface area contributed by atoms with E-state index in [0.29, 0.717) is 39.0 Å². The van der Waals surface area contributed by atoms with Gasteiger partial charge in [0.25, 0.3) is 5.91 Å². The number of aliphatic hydroxyl groups is 1. The number of carbonyl (C=O) groups excluding carboxylic acids is 3. The van der Waals surface area contributed by atoms with Crippen molar-refractivity contribution in [3.63, 3.8) is 0 Å². The number of nitrogens with zero attached hydrogens (tertiary/aromatic N) is 4. The Labute approximate surface area is 237 Å². The highest BCUT2D eigenvalue weighted by Gasteiger charge is 2.71. The zero-order chi connectivity index (χ0) is 28.4. The molecule has 1 unspecified atom stereocenters. The highest BCUT2D eigenvalue weighted by molar-refractivity contribution is 6.05. The van der Waals surface area contributed by atoms with Crippen molar-refractivity contribution in [2.24, 2.45) is 11.8 Å². The van der Waals surface area contributed by atoms with Gasteiger partial charge in [-0.15, -0.1) is 0 Å². The number of unbranched alkanes of at least 4 members (excludes halogenated alkanes) is 1. The van der Waals surface area contributed by atoms with E-state index in [2.05, 4.69) is 18.7 Å². The topological polar surface area (TPSA) is 93.6 Å². The van der Waals surface area contributed by atoms with Crippen LogP contribution in [0.3, 0.4) is 0 Å². The molecule has 3 amide bonds. The van der Waals surface area contributed by atoms with Crippen LogP contribution in [0, 0.1) is 11.8 Å². The number of amides is 3. The van der Waals surface area contributed by atoms with E-state index in [1.165, 1.54) is 0 Å². The minimum absolute atomic E-state index is 0.0105. The molecule has 5 rings (SSSR count). The van der Waals surface area contributed by atoms with Crippen LogP contribution in [0.5, 0.6) is 0 Å². The summed E-state index contributed by atoms with van der Waals surface area (Å²) in [5.41, 5.74) is 0.616. The fraction of sp³-hybridized carbons (Fsp3) is 0.581. The number of fused-ring (bicyclic) bond motifs is 2. The molecule has 40 heavy (non-hydrogen) atoms. The quantitative estimate of drug-likeness (QED) is 0.356. The molecule has 4 heterocycles. The minimum Gasteiger partial charge on any atom is -0.396 e. The molecule has 0 radical (unpaired) electrons. The van der Waals surface area contributed by atoms with Crippen LogP contribution in [0.1, 0.15) is 40.0 Å². The molecule has 0 bridgehead atoms. The molecule has 9 heteroatoms. The summed E-state index contributed by atoms with van der Waals surface area (Å²) in [5, 5.41) is 9.41. The third-order valence-corrected chi connectivity index (χ3v) is 8.83. The number of hydrogen-bond donors (Lipinski definition) is 1. The van der Waals surface area contributed by atoms with Crippen LogP contribution >= 0.6 is 0 Å². The number of anilines is 2. The fourth-order valence-electron chi connectivity index (χ4n) is 6.96. The summed E-state index contributed by atoms with van der Waals surface area (Å²) in [5.74, 6) is -1.97. The monoisotopic (exact) mass is 550 g/mol. The summed E-state index contributed by atoms with van der Waals surface area (Å²) in [6.07, 6.45) is 8.97. The Kier molecular flexibility index (Phi) is 8.33. The van der Waals surface area contributed by atoms with E-state index >= 15 is 0 Å². The van der Waals surface area contributed by atoms with Gasteiger partial charge in [-0.2, -0.15) is 0 Å². The van der Waals surface area contributed by atoms with E-state index in [0.717, 1.165) is 30.9 Å². The van der Waals surface area contributed by atoms with Crippen molar-refractivity contribution in [1.82, 2.24) is 9.80 Å². The van der Waals surface area contributed by atoms with Crippen molar-refractivity contribution in [3.8, 4) is 0 Å². The lowest BCUT2D eigenvalue weighted by Gasteiger charge is -2.35. The SMILES string of the molecule is CCCN1CC=C[C@@H]2O[C@]34C=CCN(c5ccc(N(CC)CC)cc5)C(=O)C3N(CCCCO)C(=O)[C@@H]4[C@@H]2C1=O. The molecule has 2 saturated heterocycles. The maximum Gasteiger partial charge on any atom is 0.253 e. The van der Waals surface area contributed by atoms with Crippen molar-refractivity contribution in [1.29, 1.82) is 0 Å². The molecule has 4 aliphatic heterocycles. The first-order valence-corrected chi connectivity index (χ1v) is 14.8. The lowest BCUT2D eigenvalue weighted by Crippen LogP contribution is -2.55. The van der Waals surface area contributed by atoms with Gasteiger partial charge in [-0.1, -0.05) is 31.2 Å². The predicted octanol–water partition coefficient (Wildman–Crippen LogP) is 2.60. The van der Waals surface area contributed by atoms with Crippen LogP contribution in [0.25, 0.3) is 0 Å². The summed E-state index contributed by atoms with van der Waals surface area (Å²) in [6, 6.07) is 7.07. The normalized spacial score (nSPS) is 29.4. The maximum atomic E-state index is 14.4. The molecule has 216 valence electrons. The molecule has 1 N–H and O–H groups in total. The number of carbonyl (C=O) groups is 3. The maximum absolute atomic E-state index is 14.4. The summed E-state index contributed by atoms with van der Waals surface area (Å²) < 4.78 is 6.69. The van der Waals surface area contributed by atoms with Crippen LogP contribution < -0.4 is 9.80 Å². The van der Waals surface area contributed by atoms with E-state index in [9.17, 15) is 19.5 Å². The number of likely N-dealkylation sites (tertiary alicyclic amines) is 1. The summed E-state index contributed by atoms with van der Waals surface area (Å²) in [4.78, 5) is 49.8. The number of aliphatic hydroxyl groups excluding tert-OH is 1. The molecule has 1 aromatic rings. The van der Waals surface area contributed by atoms with Crippen molar-refractivity contribution < 1.29 is 24.2 Å². The minimum atomic E-state index is -1.23. The van der Waals surface area contributed by atoms with Gasteiger partial charge in [0.05, 0.1) is 17.9 Å². The lowest BCUT2D eigenvalue weighted by molar-refractivity contribution is -0.144. The van der Waals surface area contributed by atoms with Gasteiger partial charge >= 0.3 is 0 Å². The van der Waals surface area contributed by atoms with Crippen molar-refractivity contribution in [2.45, 2.75) is 57.8 Å². The molecule has 1 aromatic carbocycles. The molecule has 0 aromatic heterocycles. The fourth-order valence-corrected chi connectivity index (χ4v) is 6.96. The van der Waals surface area contributed by atoms with Gasteiger partial charge in [0.2, 0.25) is 11.8 Å². The second-order valence-corrected chi connectivity index (χ2v) is 11.1.